The van der Waals surface area contributed by atoms with E-state index in [1.807, 2.05) is 0 Å². The number of fused-ring (bicyclic) bond motifs is 4. The number of nitrogens with two attached hydrogens (primary N) is 9. The Kier molecular flexibility index (Phi) is 37.0. The highest BCUT2D eigenvalue weighted by molar-refractivity contribution is 6.03. The number of nitrogens with one attached hydrogen (secondary N) is 3. The summed E-state index contributed by atoms with van der Waals surface area (Å²) in [5.41, 5.74) is 48.2. The lowest BCUT2D eigenvalue weighted by Gasteiger charge is -2.44. The summed E-state index contributed by atoms with van der Waals surface area (Å²) in [5.74, 6) is -14.8. The Balaban J connectivity index is 0.000000527. The number of hydrogen-bond donors (Lipinski definition) is 23. The van der Waals surface area contributed by atoms with Crippen molar-refractivity contribution in [3.05, 3.63) is 0 Å². The molecule has 0 aromatic rings. The van der Waals surface area contributed by atoms with Gasteiger partial charge in [0, 0.05) is 75.0 Å². The minimum Gasteiger partial charge on any atom is -0.481 e. The van der Waals surface area contributed by atoms with Gasteiger partial charge in [0.2, 0.25) is 6.04 Å². The molecule has 10 fully saturated rings. The maximum atomic E-state index is 11.0. The number of ether oxygens (including phenoxy) is 1. The molecule has 0 radical (unpaired) electrons. The van der Waals surface area contributed by atoms with Crippen molar-refractivity contribution in [2.24, 2.45) is 117 Å². The van der Waals surface area contributed by atoms with E-state index in [1.54, 1.807) is 0 Å². The lowest BCUT2D eigenvalue weighted by molar-refractivity contribution is -0.165. The summed E-state index contributed by atoms with van der Waals surface area (Å²) in [7, 11) is 0. The molecule has 4 aliphatic heterocycles. The highest BCUT2D eigenvalue weighted by Crippen LogP contribution is 2.49. The van der Waals surface area contributed by atoms with Crippen LogP contribution in [0.4, 0.5) is 0 Å². The lowest BCUT2D eigenvalue weighted by atomic mass is 9.58. The van der Waals surface area contributed by atoms with Crippen LogP contribution in [-0.2, 0) is 71.9 Å². The first-order chi connectivity index (χ1) is 43.3. The smallest absolute Gasteiger partial charge is 0.332 e. The number of ketones is 1. The molecule has 10 rings (SSSR count). The molecule has 32 N–H and O–H groups in total. The molecule has 38 nitrogen and oxygen atoms in total. The lowest BCUT2D eigenvalue weighted by Crippen LogP contribution is -2.59. The molecule has 0 aromatic heterocycles. The molecule has 4 heterocycles. The van der Waals surface area contributed by atoms with E-state index < -0.39 is 119 Å². The second-order valence-electron chi connectivity index (χ2n) is 24.0. The van der Waals surface area contributed by atoms with Crippen LogP contribution in [0.2, 0.25) is 0 Å². The Morgan fingerprint density at radius 1 is 0.452 bits per heavy atom. The summed E-state index contributed by atoms with van der Waals surface area (Å²) < 4.78 is 4.35. The first-order valence-electron chi connectivity index (χ1n) is 29.9. The predicted molar refractivity (Wildman–Crippen MR) is 318 cm³/mol. The Bertz CT molecular complexity index is 2420. The molecule has 14 unspecified atom stereocenters. The van der Waals surface area contributed by atoms with Crippen LogP contribution in [0.1, 0.15) is 96.3 Å². The summed E-state index contributed by atoms with van der Waals surface area (Å²) in [5, 5.41) is 101. The summed E-state index contributed by atoms with van der Waals surface area (Å²) in [6.07, 6.45) is 7.29. The van der Waals surface area contributed by atoms with E-state index >= 15 is 0 Å². The SMILES string of the molecule is NC(C(=O)O)C(=O)O.NC1CC(C(=O)O)CC1N.NC1CC(N)CC(C(=O)O)C1.NC1CNCC1N.NCC(CN)CC(=O)O.O=C(O)C1C2CCC(CC2)C1C(=O)O.O=C(O)C1CC(C(=O)O)N1.O=C(O)CC1CNCC1CC(=O)O.O=C1CC2C(=O)OC(=O)C2C1. The van der Waals surface area contributed by atoms with Gasteiger partial charge < -0.3 is 123 Å². The van der Waals surface area contributed by atoms with Gasteiger partial charge in [-0.15, -0.1) is 0 Å². The van der Waals surface area contributed by atoms with Crippen molar-refractivity contribution in [1.29, 1.82) is 0 Å². The maximum absolute atomic E-state index is 11.0. The van der Waals surface area contributed by atoms with Crippen LogP contribution in [0.25, 0.3) is 0 Å². The number of rotatable bonds is 16. The third kappa shape index (κ3) is 30.0. The van der Waals surface area contributed by atoms with E-state index in [-0.39, 0.29) is 122 Å². The zero-order valence-electron chi connectivity index (χ0n) is 51.1. The maximum Gasteiger partial charge on any atom is 0.332 e. The highest BCUT2D eigenvalue weighted by atomic mass is 16.6. The van der Waals surface area contributed by atoms with Gasteiger partial charge in [0.1, 0.15) is 17.9 Å². The van der Waals surface area contributed by atoms with E-state index in [2.05, 4.69) is 26.4 Å². The molecular formula is C55H94N12O26. The third-order valence-corrected chi connectivity index (χ3v) is 16.9. The van der Waals surface area contributed by atoms with Gasteiger partial charge in [0.25, 0.3) is 0 Å². The van der Waals surface area contributed by atoms with Crippen molar-refractivity contribution in [2.45, 2.75) is 151 Å². The van der Waals surface area contributed by atoms with Crippen LogP contribution < -0.4 is 67.6 Å². The Hall–Kier alpha value is -7.50. The average Bonchev–Trinajstić information content (AvgIpc) is 1.60. The van der Waals surface area contributed by atoms with Crippen molar-refractivity contribution in [3.63, 3.8) is 0 Å². The van der Waals surface area contributed by atoms with E-state index in [0.29, 0.717) is 51.9 Å². The molecule has 4 saturated heterocycles. The minimum atomic E-state index is -1.80. The van der Waals surface area contributed by atoms with Gasteiger partial charge in [-0.3, -0.25) is 62.9 Å². The van der Waals surface area contributed by atoms with Crippen LogP contribution >= 0.6 is 0 Å². The van der Waals surface area contributed by atoms with Gasteiger partial charge >= 0.3 is 77.6 Å². The van der Waals surface area contributed by atoms with Crippen molar-refractivity contribution in [1.82, 2.24) is 16.0 Å². The number of carbonyl (C=O) groups is 14. The first kappa shape index (κ1) is 83.5. The molecule has 0 spiro atoms. The van der Waals surface area contributed by atoms with Gasteiger partial charge in [-0.05, 0) is 120 Å². The fourth-order valence-electron chi connectivity index (χ4n) is 11.5. The van der Waals surface area contributed by atoms with E-state index in [0.717, 1.165) is 45.2 Å². The zero-order chi connectivity index (χ0) is 71.3. The molecule has 530 valence electrons. The fourth-order valence-corrected chi connectivity index (χ4v) is 11.5. The van der Waals surface area contributed by atoms with Crippen molar-refractivity contribution in [3.8, 4) is 0 Å². The molecule has 10 aliphatic rings. The third-order valence-electron chi connectivity index (χ3n) is 16.9. The van der Waals surface area contributed by atoms with Crippen LogP contribution in [-0.4, -0.2) is 233 Å². The van der Waals surface area contributed by atoms with Crippen molar-refractivity contribution in [2.75, 3.05) is 39.3 Å². The van der Waals surface area contributed by atoms with Crippen LogP contribution in [0.3, 0.4) is 0 Å². The number of cyclic esters (lactones) is 2. The molecule has 6 aliphatic carbocycles. The van der Waals surface area contributed by atoms with Gasteiger partial charge in [-0.2, -0.15) is 0 Å². The van der Waals surface area contributed by atoms with Gasteiger partial charge in [0.05, 0.1) is 41.9 Å². The molecule has 93 heavy (non-hydrogen) atoms. The highest BCUT2D eigenvalue weighted by Gasteiger charge is 2.51. The molecular weight excluding hydrogens is 1240 g/mol. The Labute approximate surface area is 532 Å². The number of carboxylic acid groups (broad SMARTS) is 11. The Morgan fingerprint density at radius 2 is 0.796 bits per heavy atom. The van der Waals surface area contributed by atoms with Gasteiger partial charge in [-0.25, -0.2) is 9.59 Å². The van der Waals surface area contributed by atoms with Crippen molar-refractivity contribution < 1.29 is 128 Å². The number of esters is 2. The van der Waals surface area contributed by atoms with Gasteiger partial charge in [-0.1, -0.05) is 0 Å². The first-order valence-corrected chi connectivity index (χ1v) is 29.9. The number of carbonyl (C=O) groups excluding carboxylic acids is 3. The van der Waals surface area contributed by atoms with Crippen LogP contribution in [0.15, 0.2) is 0 Å². The summed E-state index contributed by atoms with van der Waals surface area (Å²) in [6, 6.07) is -3.07. The van der Waals surface area contributed by atoms with Gasteiger partial charge in [0.15, 0.2) is 0 Å². The summed E-state index contributed by atoms with van der Waals surface area (Å²) >= 11 is 0. The number of hydrogen-bond acceptors (Lipinski definition) is 27. The Morgan fingerprint density at radius 3 is 1.03 bits per heavy atom. The molecule has 0 aromatic carbocycles. The number of aliphatic carboxylic acids is 11. The summed E-state index contributed by atoms with van der Waals surface area (Å²) in [4.78, 5) is 146. The van der Waals surface area contributed by atoms with Crippen LogP contribution in [0, 0.1) is 65.1 Å². The monoisotopic (exact) mass is 1340 g/mol. The number of carboxylic acids is 11. The van der Waals surface area contributed by atoms with Crippen LogP contribution in [0.5, 0.6) is 0 Å². The molecule has 2 bridgehead atoms. The zero-order valence-corrected chi connectivity index (χ0v) is 51.1. The quantitative estimate of drug-likeness (QED) is 0.0505. The second-order valence-corrected chi connectivity index (χ2v) is 24.0. The minimum absolute atomic E-state index is 0.00926. The molecule has 0 amide bonds. The van der Waals surface area contributed by atoms with E-state index in [4.69, 9.17) is 102 Å². The fraction of sp³-hybridized carbons (Fsp3) is 0.745. The normalized spacial score (nSPS) is 31.3. The molecule has 14 atom stereocenters. The number of Topliss-reactive ketones (excluding diaryl/α,β-unsaturated/α-hetero) is 1. The average molecular weight is 1340 g/mol. The van der Waals surface area contributed by atoms with E-state index in [9.17, 15) is 67.1 Å². The molecule has 38 heteroatoms. The molecule has 6 saturated carbocycles. The largest absolute Gasteiger partial charge is 0.481 e. The topological polar surface area (TPSA) is 741 Å². The second kappa shape index (κ2) is 41.3. The summed E-state index contributed by atoms with van der Waals surface area (Å²) in [6.45, 7) is 3.68. The van der Waals surface area contributed by atoms with E-state index in [1.165, 1.54) is 0 Å². The predicted octanol–water partition coefficient (Wildman–Crippen LogP) is -6.09. The standard InChI is InChI=1S/C10H14O4.C8H13NO4.C7H14N2O2.C7H6O4.C6H12N2O2.C5H12N2O2.C5H7NO4.C4H11N3.C3H5NO4/c11-9(12)7-5-1-2-6(4-3-5)8(7)10(13)14;10-7(11)1-5-3-9-4-6(5)2-8(12)13;8-5-1-4(7(10)11)2-6(9)3-5;8-3-1-4-5(2-3)7(10)11-6(4)9;7-4-1-3(6(9)10)2-5(4)8;6-2-4(3-7)1-5(8)9;7-4(8)2-1-3(6-2)5(9)10;5-3-1-7-2-4(3)6;4-1(2(5)6)3(7)8/h5-8H,1-4H2,(H,11,12)(H,13,14);5-6,9H,1-4H2,(H,10,11)(H,12,13);4-6H,1-3,8-9H2,(H,10,11);4-5H,1-2H2;3-5H,1-2,7-8H2,(H,9,10);4H,1-3,6-7H2,(H,8,9);2-3,6H,1H2,(H,7,8)(H,9,10);3-4,7H,1-2,5-6H2;1H,4H2,(H,5,6)(H,7,8). The van der Waals surface area contributed by atoms with Crippen molar-refractivity contribution >= 4 is 83.4 Å².